The summed E-state index contributed by atoms with van der Waals surface area (Å²) in [6, 6.07) is 15.6. The van der Waals surface area contributed by atoms with Crippen LogP contribution in [0, 0.1) is 17.1 Å². The molecule has 0 aliphatic carbocycles. The second kappa shape index (κ2) is 9.54. The van der Waals surface area contributed by atoms with Gasteiger partial charge in [0.2, 0.25) is 5.91 Å². The van der Waals surface area contributed by atoms with E-state index < -0.39 is 5.82 Å². The van der Waals surface area contributed by atoms with Crippen LogP contribution in [0.25, 0.3) is 0 Å². The molecule has 0 saturated heterocycles. The Hall–Kier alpha value is -2.91. The van der Waals surface area contributed by atoms with Crippen molar-refractivity contribution < 1.29 is 13.9 Å². The normalized spacial score (nSPS) is 10.4. The molecule has 2 rings (SSSR count). The third-order valence-corrected chi connectivity index (χ3v) is 3.86. The van der Waals surface area contributed by atoms with Gasteiger partial charge in [0.05, 0.1) is 24.7 Å². The van der Waals surface area contributed by atoms with Crippen LogP contribution in [0.4, 0.5) is 4.39 Å². The lowest BCUT2D eigenvalue weighted by Gasteiger charge is -2.22. The fourth-order valence-corrected chi connectivity index (χ4v) is 2.44. The van der Waals surface area contributed by atoms with E-state index in [9.17, 15) is 9.18 Å². The number of rotatable bonds is 8. The quantitative estimate of drug-likeness (QED) is 0.731. The van der Waals surface area contributed by atoms with Gasteiger partial charge in [0, 0.05) is 13.6 Å². The summed E-state index contributed by atoms with van der Waals surface area (Å²) < 4.78 is 18.8. The van der Waals surface area contributed by atoms with Gasteiger partial charge in [-0.05, 0) is 36.9 Å². The van der Waals surface area contributed by atoms with Crippen molar-refractivity contribution in [2.45, 2.75) is 6.54 Å². The molecule has 0 N–H and O–H groups in total. The number of carbonyl (C=O) groups excluding carboxylic acids is 1. The summed E-state index contributed by atoms with van der Waals surface area (Å²) in [6.45, 7) is 1.40. The van der Waals surface area contributed by atoms with Gasteiger partial charge >= 0.3 is 0 Å². The molecule has 0 fully saturated rings. The van der Waals surface area contributed by atoms with E-state index in [1.165, 1.54) is 6.07 Å². The molecule has 0 bridgehead atoms. The van der Waals surface area contributed by atoms with Crippen LogP contribution in [0.2, 0.25) is 0 Å². The molecule has 0 aromatic heterocycles. The molecule has 6 heteroatoms. The fourth-order valence-electron chi connectivity index (χ4n) is 2.44. The zero-order valence-corrected chi connectivity index (χ0v) is 15.0. The van der Waals surface area contributed by atoms with Gasteiger partial charge in [-0.1, -0.05) is 24.3 Å². The predicted molar refractivity (Wildman–Crippen MR) is 97.0 cm³/mol. The third kappa shape index (κ3) is 5.87. The standard InChI is InChI=1S/C20H22FN3O2/c1-23(14-17-7-5-6-16(12-17)13-22)15-20(25)24(2)10-11-26-19-9-4-3-8-18(19)21/h3-9,12H,10-11,14-15H2,1-2H3. The van der Waals surface area contributed by atoms with Crippen molar-refractivity contribution in [1.29, 1.82) is 5.26 Å². The van der Waals surface area contributed by atoms with Gasteiger partial charge in [-0.2, -0.15) is 5.26 Å². The number of hydrogen-bond acceptors (Lipinski definition) is 4. The maximum absolute atomic E-state index is 13.5. The van der Waals surface area contributed by atoms with E-state index in [1.807, 2.05) is 30.1 Å². The van der Waals surface area contributed by atoms with E-state index in [2.05, 4.69) is 6.07 Å². The number of benzene rings is 2. The van der Waals surface area contributed by atoms with Gasteiger partial charge in [-0.25, -0.2) is 4.39 Å². The number of hydrogen-bond donors (Lipinski definition) is 0. The highest BCUT2D eigenvalue weighted by Gasteiger charge is 2.12. The van der Waals surface area contributed by atoms with E-state index in [0.717, 1.165) is 5.56 Å². The Morgan fingerprint density at radius 2 is 1.96 bits per heavy atom. The molecule has 2 aromatic carbocycles. The van der Waals surface area contributed by atoms with Crippen LogP contribution >= 0.6 is 0 Å². The molecule has 0 atom stereocenters. The lowest BCUT2D eigenvalue weighted by Crippen LogP contribution is -2.38. The minimum atomic E-state index is -0.416. The molecular formula is C20H22FN3O2. The summed E-state index contributed by atoms with van der Waals surface area (Å²) >= 11 is 0. The molecular weight excluding hydrogens is 333 g/mol. The average molecular weight is 355 g/mol. The van der Waals surface area contributed by atoms with E-state index in [1.54, 1.807) is 36.2 Å². The van der Waals surface area contributed by atoms with Gasteiger partial charge in [-0.15, -0.1) is 0 Å². The van der Waals surface area contributed by atoms with Crippen molar-refractivity contribution in [3.05, 3.63) is 65.5 Å². The SMILES string of the molecule is CN(CC(=O)N(C)CCOc1ccccc1F)Cc1cccc(C#N)c1. The minimum Gasteiger partial charge on any atom is -0.489 e. The number of halogens is 1. The largest absolute Gasteiger partial charge is 0.489 e. The Balaban J connectivity index is 1.77. The first kappa shape index (κ1) is 19.4. The maximum Gasteiger partial charge on any atom is 0.236 e. The molecule has 2 aromatic rings. The average Bonchev–Trinajstić information content (AvgIpc) is 2.63. The lowest BCUT2D eigenvalue weighted by molar-refractivity contribution is -0.131. The summed E-state index contributed by atoms with van der Waals surface area (Å²) in [5.74, 6) is -0.287. The molecule has 0 aliphatic heterocycles. The molecule has 0 radical (unpaired) electrons. The first-order valence-corrected chi connectivity index (χ1v) is 8.28. The second-order valence-electron chi connectivity index (χ2n) is 6.08. The molecule has 0 saturated carbocycles. The third-order valence-electron chi connectivity index (χ3n) is 3.86. The highest BCUT2D eigenvalue weighted by Crippen LogP contribution is 2.15. The van der Waals surface area contributed by atoms with E-state index in [0.29, 0.717) is 18.7 Å². The fraction of sp³-hybridized carbons (Fsp3) is 0.300. The zero-order valence-electron chi connectivity index (χ0n) is 15.0. The summed E-state index contributed by atoms with van der Waals surface area (Å²) in [5.41, 5.74) is 1.58. The molecule has 0 spiro atoms. The van der Waals surface area contributed by atoms with Crippen LogP contribution in [0.3, 0.4) is 0 Å². The van der Waals surface area contributed by atoms with Crippen LogP contribution < -0.4 is 4.74 Å². The minimum absolute atomic E-state index is 0.0546. The number of nitriles is 1. The Bertz CT molecular complexity index is 789. The van der Waals surface area contributed by atoms with Crippen molar-refractivity contribution in [3.63, 3.8) is 0 Å². The smallest absolute Gasteiger partial charge is 0.236 e. The van der Waals surface area contributed by atoms with E-state index in [4.69, 9.17) is 10.00 Å². The van der Waals surface area contributed by atoms with E-state index in [-0.39, 0.29) is 24.8 Å². The number of para-hydroxylation sites is 1. The van der Waals surface area contributed by atoms with Crippen molar-refractivity contribution in [2.24, 2.45) is 0 Å². The summed E-state index contributed by atoms with van der Waals surface area (Å²) in [6.07, 6.45) is 0. The van der Waals surface area contributed by atoms with Gasteiger partial charge in [0.25, 0.3) is 0 Å². The number of amides is 1. The van der Waals surface area contributed by atoms with Gasteiger partial charge < -0.3 is 9.64 Å². The number of carbonyl (C=O) groups is 1. The number of nitrogens with zero attached hydrogens (tertiary/aromatic N) is 3. The summed E-state index contributed by atoms with van der Waals surface area (Å²) in [4.78, 5) is 15.7. The Labute approximate surface area is 153 Å². The number of likely N-dealkylation sites (N-methyl/N-ethyl adjacent to an activating group) is 2. The van der Waals surface area contributed by atoms with Crippen LogP contribution in [0.1, 0.15) is 11.1 Å². The number of ether oxygens (including phenoxy) is 1. The monoisotopic (exact) mass is 355 g/mol. The van der Waals surface area contributed by atoms with Crippen molar-refractivity contribution in [1.82, 2.24) is 9.80 Å². The first-order chi connectivity index (χ1) is 12.5. The van der Waals surface area contributed by atoms with Crippen LogP contribution in [-0.4, -0.2) is 49.5 Å². The Morgan fingerprint density at radius 3 is 2.69 bits per heavy atom. The topological polar surface area (TPSA) is 56.6 Å². The molecule has 1 amide bonds. The molecule has 26 heavy (non-hydrogen) atoms. The van der Waals surface area contributed by atoms with Gasteiger partial charge in [-0.3, -0.25) is 9.69 Å². The van der Waals surface area contributed by atoms with Crippen molar-refractivity contribution in [3.8, 4) is 11.8 Å². The lowest BCUT2D eigenvalue weighted by atomic mass is 10.1. The van der Waals surface area contributed by atoms with Crippen LogP contribution in [0.5, 0.6) is 5.75 Å². The molecule has 136 valence electrons. The summed E-state index contributed by atoms with van der Waals surface area (Å²) in [5, 5.41) is 8.94. The van der Waals surface area contributed by atoms with Crippen molar-refractivity contribution in [2.75, 3.05) is 33.8 Å². The van der Waals surface area contributed by atoms with Crippen LogP contribution in [0.15, 0.2) is 48.5 Å². The maximum atomic E-state index is 13.5. The Morgan fingerprint density at radius 1 is 1.19 bits per heavy atom. The molecule has 5 nitrogen and oxygen atoms in total. The Kier molecular flexibility index (Phi) is 7.12. The van der Waals surface area contributed by atoms with Crippen molar-refractivity contribution >= 4 is 5.91 Å². The van der Waals surface area contributed by atoms with Gasteiger partial charge in [0.1, 0.15) is 6.61 Å². The highest BCUT2D eigenvalue weighted by molar-refractivity contribution is 5.77. The molecule has 0 aliphatic rings. The van der Waals surface area contributed by atoms with E-state index >= 15 is 0 Å². The molecule has 0 heterocycles. The van der Waals surface area contributed by atoms with Gasteiger partial charge in [0.15, 0.2) is 11.6 Å². The predicted octanol–water partition coefficient (Wildman–Crippen LogP) is 2.67. The second-order valence-corrected chi connectivity index (χ2v) is 6.08. The highest BCUT2D eigenvalue weighted by atomic mass is 19.1. The summed E-state index contributed by atoms with van der Waals surface area (Å²) in [7, 11) is 3.54. The first-order valence-electron chi connectivity index (χ1n) is 8.28. The van der Waals surface area contributed by atoms with Crippen LogP contribution in [-0.2, 0) is 11.3 Å². The molecule has 0 unspecified atom stereocenters. The zero-order chi connectivity index (χ0) is 18.9.